The monoisotopic (exact) mass is 226 g/mol. The van der Waals surface area contributed by atoms with E-state index < -0.39 is 0 Å². The highest BCUT2D eigenvalue weighted by molar-refractivity contribution is 4.85. The molecule has 2 nitrogen and oxygen atoms in total. The number of hydrogen-bond donors (Lipinski definition) is 1. The number of hydrogen-bond acceptors (Lipinski definition) is 2. The second-order valence-electron chi connectivity index (χ2n) is 6.27. The number of likely N-dealkylation sites (N-methyl/N-ethyl adjacent to an activating group) is 1. The molecule has 1 fully saturated rings. The van der Waals surface area contributed by atoms with E-state index in [0.717, 1.165) is 12.5 Å². The molecule has 0 aliphatic carbocycles. The summed E-state index contributed by atoms with van der Waals surface area (Å²) < 4.78 is 0. The van der Waals surface area contributed by atoms with Gasteiger partial charge >= 0.3 is 0 Å². The molecule has 1 N–H and O–H groups in total. The Morgan fingerprint density at radius 3 is 2.44 bits per heavy atom. The van der Waals surface area contributed by atoms with Crippen LogP contribution < -0.4 is 5.32 Å². The maximum Gasteiger partial charge on any atom is 0.0192 e. The molecule has 1 heterocycles. The number of nitrogens with one attached hydrogen (secondary N) is 1. The van der Waals surface area contributed by atoms with Crippen molar-refractivity contribution in [2.24, 2.45) is 11.3 Å². The van der Waals surface area contributed by atoms with Gasteiger partial charge in [0.1, 0.15) is 0 Å². The van der Waals surface area contributed by atoms with E-state index in [1.807, 2.05) is 0 Å². The standard InChI is InChI=1S/C14H30N2/c1-6-13(15-7-2)11-16-9-8-12(10-16)14(3,4)5/h12-13,15H,6-11H2,1-5H3. The molecule has 2 heteroatoms. The summed E-state index contributed by atoms with van der Waals surface area (Å²) >= 11 is 0. The minimum atomic E-state index is 0.481. The van der Waals surface area contributed by atoms with Gasteiger partial charge in [0.15, 0.2) is 0 Å². The van der Waals surface area contributed by atoms with Gasteiger partial charge in [0.05, 0.1) is 0 Å². The Hall–Kier alpha value is -0.0800. The fraction of sp³-hybridized carbons (Fsp3) is 1.00. The Morgan fingerprint density at radius 1 is 1.31 bits per heavy atom. The topological polar surface area (TPSA) is 15.3 Å². The average molecular weight is 226 g/mol. The number of rotatable bonds is 5. The predicted octanol–water partition coefficient (Wildman–Crippen LogP) is 2.74. The molecular weight excluding hydrogens is 196 g/mol. The molecule has 0 aromatic heterocycles. The highest BCUT2D eigenvalue weighted by Crippen LogP contribution is 2.33. The smallest absolute Gasteiger partial charge is 0.0192 e. The Bertz CT molecular complexity index is 195. The Balaban J connectivity index is 2.35. The molecule has 0 bridgehead atoms. The van der Waals surface area contributed by atoms with Crippen LogP contribution in [0, 0.1) is 11.3 Å². The van der Waals surface area contributed by atoms with Crippen molar-refractivity contribution in [1.82, 2.24) is 10.2 Å². The van der Waals surface area contributed by atoms with Crippen molar-refractivity contribution in [3.63, 3.8) is 0 Å². The van der Waals surface area contributed by atoms with E-state index in [9.17, 15) is 0 Å². The summed E-state index contributed by atoms with van der Waals surface area (Å²) in [4.78, 5) is 2.65. The first-order valence-electron chi connectivity index (χ1n) is 6.93. The first-order valence-corrected chi connectivity index (χ1v) is 6.93. The van der Waals surface area contributed by atoms with Crippen molar-refractivity contribution in [2.75, 3.05) is 26.2 Å². The van der Waals surface area contributed by atoms with E-state index in [1.165, 1.54) is 32.5 Å². The summed E-state index contributed by atoms with van der Waals surface area (Å²) in [6.45, 7) is 16.5. The summed E-state index contributed by atoms with van der Waals surface area (Å²) in [6.07, 6.45) is 2.62. The van der Waals surface area contributed by atoms with Crippen LogP contribution in [0.15, 0.2) is 0 Å². The Kier molecular flexibility index (Phi) is 5.26. The van der Waals surface area contributed by atoms with Crippen LogP contribution in [0.2, 0.25) is 0 Å². The molecule has 0 spiro atoms. The average Bonchev–Trinajstić information content (AvgIpc) is 2.65. The largest absolute Gasteiger partial charge is 0.313 e. The van der Waals surface area contributed by atoms with Gasteiger partial charge in [-0.1, -0.05) is 34.6 Å². The van der Waals surface area contributed by atoms with Gasteiger partial charge in [-0.2, -0.15) is 0 Å². The van der Waals surface area contributed by atoms with Crippen LogP contribution in [-0.4, -0.2) is 37.1 Å². The molecule has 2 atom stereocenters. The Labute approximate surface area is 102 Å². The predicted molar refractivity (Wildman–Crippen MR) is 71.8 cm³/mol. The zero-order valence-electron chi connectivity index (χ0n) is 11.8. The van der Waals surface area contributed by atoms with E-state index in [0.29, 0.717) is 11.5 Å². The molecule has 0 aromatic rings. The van der Waals surface area contributed by atoms with E-state index in [4.69, 9.17) is 0 Å². The molecule has 0 saturated carbocycles. The molecular formula is C14H30N2. The fourth-order valence-electron chi connectivity index (χ4n) is 2.64. The SMILES string of the molecule is CCNC(CC)CN1CCC(C(C)(C)C)C1. The third-order valence-corrected chi connectivity index (χ3v) is 3.96. The molecule has 2 unspecified atom stereocenters. The zero-order valence-corrected chi connectivity index (χ0v) is 11.8. The van der Waals surface area contributed by atoms with E-state index in [1.54, 1.807) is 0 Å². The molecule has 0 amide bonds. The second-order valence-corrected chi connectivity index (χ2v) is 6.27. The summed E-state index contributed by atoms with van der Waals surface area (Å²) in [7, 11) is 0. The Morgan fingerprint density at radius 2 is 2.00 bits per heavy atom. The van der Waals surface area contributed by atoms with Gasteiger partial charge in [-0.25, -0.2) is 0 Å². The minimum absolute atomic E-state index is 0.481. The highest BCUT2D eigenvalue weighted by Gasteiger charge is 2.32. The summed E-state index contributed by atoms with van der Waals surface area (Å²) in [5, 5.41) is 3.57. The van der Waals surface area contributed by atoms with Gasteiger partial charge < -0.3 is 10.2 Å². The molecule has 1 rings (SSSR count). The summed E-state index contributed by atoms with van der Waals surface area (Å²) in [5.41, 5.74) is 0.481. The third kappa shape index (κ3) is 4.06. The van der Waals surface area contributed by atoms with Gasteiger partial charge in [-0.15, -0.1) is 0 Å². The first kappa shape index (κ1) is 14.0. The van der Waals surface area contributed by atoms with Crippen LogP contribution in [0.4, 0.5) is 0 Å². The van der Waals surface area contributed by atoms with Crippen molar-refractivity contribution in [3.8, 4) is 0 Å². The van der Waals surface area contributed by atoms with E-state index in [-0.39, 0.29) is 0 Å². The van der Waals surface area contributed by atoms with Gasteiger partial charge in [0.2, 0.25) is 0 Å². The van der Waals surface area contributed by atoms with Crippen molar-refractivity contribution < 1.29 is 0 Å². The summed E-state index contributed by atoms with van der Waals surface area (Å²) in [6, 6.07) is 0.684. The molecule has 1 aliphatic rings. The number of nitrogens with zero attached hydrogens (tertiary/aromatic N) is 1. The van der Waals surface area contributed by atoms with Crippen molar-refractivity contribution in [2.45, 2.75) is 53.5 Å². The lowest BCUT2D eigenvalue weighted by Gasteiger charge is -2.28. The molecule has 96 valence electrons. The van der Waals surface area contributed by atoms with Crippen molar-refractivity contribution >= 4 is 0 Å². The zero-order chi connectivity index (χ0) is 12.2. The second kappa shape index (κ2) is 6.02. The lowest BCUT2D eigenvalue weighted by molar-refractivity contribution is 0.218. The first-order chi connectivity index (χ1) is 7.47. The third-order valence-electron chi connectivity index (χ3n) is 3.96. The molecule has 1 saturated heterocycles. The van der Waals surface area contributed by atoms with Crippen LogP contribution in [0.3, 0.4) is 0 Å². The van der Waals surface area contributed by atoms with Gasteiger partial charge in [0, 0.05) is 19.1 Å². The van der Waals surface area contributed by atoms with Crippen LogP contribution in [0.25, 0.3) is 0 Å². The molecule has 0 aromatic carbocycles. The minimum Gasteiger partial charge on any atom is -0.313 e. The van der Waals surface area contributed by atoms with Crippen LogP contribution in [0.1, 0.15) is 47.5 Å². The maximum atomic E-state index is 3.57. The quantitative estimate of drug-likeness (QED) is 0.775. The van der Waals surface area contributed by atoms with Crippen LogP contribution in [-0.2, 0) is 0 Å². The normalized spacial score (nSPS) is 24.9. The van der Waals surface area contributed by atoms with E-state index >= 15 is 0 Å². The molecule has 16 heavy (non-hydrogen) atoms. The summed E-state index contributed by atoms with van der Waals surface area (Å²) in [5.74, 6) is 0.881. The maximum absolute atomic E-state index is 3.57. The van der Waals surface area contributed by atoms with Crippen molar-refractivity contribution in [3.05, 3.63) is 0 Å². The van der Waals surface area contributed by atoms with Gasteiger partial charge in [-0.05, 0) is 37.3 Å². The molecule has 0 radical (unpaired) electrons. The lowest BCUT2D eigenvalue weighted by atomic mass is 9.80. The fourth-order valence-corrected chi connectivity index (χ4v) is 2.64. The molecule has 1 aliphatic heterocycles. The van der Waals surface area contributed by atoms with Crippen molar-refractivity contribution in [1.29, 1.82) is 0 Å². The van der Waals surface area contributed by atoms with Gasteiger partial charge in [0.25, 0.3) is 0 Å². The van der Waals surface area contributed by atoms with Gasteiger partial charge in [-0.3, -0.25) is 0 Å². The number of likely N-dealkylation sites (tertiary alicyclic amines) is 1. The van der Waals surface area contributed by atoms with Crippen LogP contribution in [0.5, 0.6) is 0 Å². The van der Waals surface area contributed by atoms with Crippen LogP contribution >= 0.6 is 0 Å². The highest BCUT2D eigenvalue weighted by atomic mass is 15.2. The van der Waals surface area contributed by atoms with E-state index in [2.05, 4.69) is 44.8 Å². The lowest BCUT2D eigenvalue weighted by Crippen LogP contribution is -2.40.